The first kappa shape index (κ1) is 57.5. The largest absolute Gasteiger partial charge is 0.493 e. The minimum Gasteiger partial charge on any atom is -0.493 e. The maximum atomic E-state index is 14.9. The third-order valence-electron chi connectivity index (χ3n) is 12.7. The van der Waals surface area contributed by atoms with Gasteiger partial charge in [0.1, 0.15) is 21.3 Å². The molecule has 1 atom stereocenters. The van der Waals surface area contributed by atoms with Crippen molar-refractivity contribution in [3.05, 3.63) is 118 Å². The Bertz CT molecular complexity index is 2820. The number of carbonyl (C=O) groups is 1. The van der Waals surface area contributed by atoms with Crippen LogP contribution in [-0.4, -0.2) is 62.4 Å². The van der Waals surface area contributed by atoms with Crippen LogP contribution in [-0.2, 0) is 30.3 Å². The molecule has 0 radical (unpaired) electrons. The van der Waals surface area contributed by atoms with E-state index >= 15 is 0 Å². The number of unbranched alkanes of at least 4 members (excludes halogenated alkanes) is 15. The number of rotatable bonds is 30. The zero-order valence-corrected chi connectivity index (χ0v) is 46.5. The van der Waals surface area contributed by atoms with E-state index < -0.39 is 32.0 Å². The van der Waals surface area contributed by atoms with Gasteiger partial charge in [0, 0.05) is 31.0 Å². The van der Waals surface area contributed by atoms with E-state index in [1.807, 2.05) is 18.2 Å². The van der Waals surface area contributed by atoms with E-state index in [1.54, 1.807) is 67.0 Å². The molecule has 2 N–H and O–H groups in total. The molecule has 0 fully saturated rings. The van der Waals surface area contributed by atoms with Crippen molar-refractivity contribution < 1.29 is 31.1 Å². The van der Waals surface area contributed by atoms with Crippen molar-refractivity contribution >= 4 is 83.7 Å². The van der Waals surface area contributed by atoms with Crippen LogP contribution in [0, 0.1) is 0 Å². The summed E-state index contributed by atoms with van der Waals surface area (Å²) in [5, 5.41) is 7.66. The summed E-state index contributed by atoms with van der Waals surface area (Å²) in [6.07, 6.45) is 22.9. The number of para-hydroxylation sites is 1. The van der Waals surface area contributed by atoms with E-state index in [4.69, 9.17) is 49.3 Å². The van der Waals surface area contributed by atoms with Crippen LogP contribution >= 0.6 is 34.8 Å². The monoisotopic (exact) mass is 1100 g/mol. The molecule has 1 aliphatic rings. The third-order valence-corrected chi connectivity index (χ3v) is 17.1. The predicted molar refractivity (Wildman–Crippen MR) is 296 cm³/mol. The van der Waals surface area contributed by atoms with Gasteiger partial charge in [0.2, 0.25) is 0 Å². The number of aliphatic imine (C=N–C) groups is 1. The summed E-state index contributed by atoms with van der Waals surface area (Å²) < 4.78 is 72.5. The molecule has 73 heavy (non-hydrogen) atoms. The van der Waals surface area contributed by atoms with Crippen LogP contribution in [0.2, 0.25) is 15.1 Å². The Labute approximate surface area is 448 Å². The van der Waals surface area contributed by atoms with E-state index in [9.17, 15) is 21.6 Å². The van der Waals surface area contributed by atoms with Crippen molar-refractivity contribution in [2.45, 2.75) is 158 Å². The summed E-state index contributed by atoms with van der Waals surface area (Å²) in [6, 6.07) is 21.5. The standard InChI is InChI=1S/C55H71Cl3N6O7S2/c1-5-6-7-8-9-10-11-12-13-14-15-16-17-18-19-22-35-64-53(60-47-25-20-21-26-50(47)73(64,68)69)52(63-34-23-33-59-63)54(65)61-48-38-41(55(2,3)4)27-32-49(48)71-37-24-36-70-43-30-28-42(29-31-43)62-72(66,67)51-40-45(57)44(56)39-46(51)58/h20-21,23,25-34,38-40,52,62H,5-19,22,24,35-37H2,1-4H3,(H,61,65). The highest BCUT2D eigenvalue weighted by Gasteiger charge is 2.41. The molecule has 0 spiro atoms. The van der Waals surface area contributed by atoms with E-state index in [0.717, 1.165) is 24.8 Å². The van der Waals surface area contributed by atoms with Crippen molar-refractivity contribution in [1.82, 2.24) is 14.1 Å². The first-order valence-corrected chi connectivity index (χ1v) is 29.7. The second-order valence-electron chi connectivity index (χ2n) is 19.5. The number of carbonyl (C=O) groups excluding carboxylic acids is 1. The SMILES string of the molecule is CCCCCCCCCCCCCCCCCCN1C(C(C(=O)Nc2cc(C(C)(C)C)ccc2OCCCOc2ccc(NS(=O)(=O)c3cc(Cl)c(Cl)cc3Cl)cc2)n2cccn2)=Nc2ccccc2S1(=O)=O. The molecule has 0 saturated heterocycles. The van der Waals surface area contributed by atoms with Gasteiger partial charge in [-0.1, -0.05) is 177 Å². The Kier molecular flexibility index (Phi) is 21.8. The second kappa shape index (κ2) is 27.7. The number of hydrogen-bond acceptors (Lipinski definition) is 9. The van der Waals surface area contributed by atoms with Crippen molar-refractivity contribution in [3.8, 4) is 11.5 Å². The van der Waals surface area contributed by atoms with E-state index in [-0.39, 0.29) is 67.2 Å². The topological polar surface area (TPSA) is 161 Å². The van der Waals surface area contributed by atoms with Crippen LogP contribution in [0.1, 0.15) is 148 Å². The van der Waals surface area contributed by atoms with Crippen LogP contribution in [0.3, 0.4) is 0 Å². The molecule has 1 aromatic heterocycles. The van der Waals surface area contributed by atoms with Crippen molar-refractivity contribution in [2.75, 3.05) is 29.8 Å². The zero-order valence-electron chi connectivity index (χ0n) is 42.6. The number of nitrogens with one attached hydrogen (secondary N) is 2. The van der Waals surface area contributed by atoms with Gasteiger partial charge in [-0.15, -0.1) is 0 Å². The van der Waals surface area contributed by atoms with Crippen molar-refractivity contribution in [3.63, 3.8) is 0 Å². The van der Waals surface area contributed by atoms with Crippen molar-refractivity contribution in [1.29, 1.82) is 0 Å². The second-order valence-corrected chi connectivity index (χ2v) is 24.2. The molecule has 4 aromatic carbocycles. The van der Waals surface area contributed by atoms with Gasteiger partial charge >= 0.3 is 0 Å². The van der Waals surface area contributed by atoms with Gasteiger partial charge in [-0.3, -0.25) is 18.5 Å². The van der Waals surface area contributed by atoms with E-state index in [1.165, 1.54) is 98.2 Å². The summed E-state index contributed by atoms with van der Waals surface area (Å²) in [7, 11) is -8.15. The Balaban J connectivity index is 1.08. The van der Waals surface area contributed by atoms with Crippen LogP contribution in [0.5, 0.6) is 11.5 Å². The molecule has 0 saturated carbocycles. The van der Waals surface area contributed by atoms with Gasteiger partial charge in [0.25, 0.3) is 26.0 Å². The molecule has 6 rings (SSSR count). The molecular formula is C55H71Cl3N6O7S2. The Morgan fingerprint density at radius 3 is 1.93 bits per heavy atom. The smallest absolute Gasteiger partial charge is 0.267 e. The summed E-state index contributed by atoms with van der Waals surface area (Å²) in [5.74, 6) is 0.433. The highest BCUT2D eigenvalue weighted by atomic mass is 35.5. The minimum absolute atomic E-state index is 0.0553. The first-order valence-electron chi connectivity index (χ1n) is 25.7. The third kappa shape index (κ3) is 16.6. The van der Waals surface area contributed by atoms with Gasteiger partial charge in [0.05, 0.1) is 39.7 Å². The maximum absolute atomic E-state index is 14.9. The summed E-state index contributed by atoms with van der Waals surface area (Å²) >= 11 is 18.2. The molecule has 2 heterocycles. The van der Waals surface area contributed by atoms with Crippen LogP contribution in [0.25, 0.3) is 0 Å². The van der Waals surface area contributed by atoms with Crippen molar-refractivity contribution in [2.24, 2.45) is 4.99 Å². The van der Waals surface area contributed by atoms with E-state index in [2.05, 4.69) is 42.8 Å². The van der Waals surface area contributed by atoms with Gasteiger partial charge in [0.15, 0.2) is 11.9 Å². The molecule has 13 nitrogen and oxygen atoms in total. The van der Waals surface area contributed by atoms with Gasteiger partial charge in [-0.25, -0.2) is 21.8 Å². The van der Waals surface area contributed by atoms with Gasteiger partial charge in [-0.2, -0.15) is 5.10 Å². The molecule has 396 valence electrons. The molecule has 0 aliphatic carbocycles. The van der Waals surface area contributed by atoms with Gasteiger partial charge in [-0.05, 0) is 84.1 Å². The number of fused-ring (bicyclic) bond motifs is 1. The predicted octanol–water partition coefficient (Wildman–Crippen LogP) is 15.0. The lowest BCUT2D eigenvalue weighted by Crippen LogP contribution is -2.47. The number of benzene rings is 4. The normalized spacial score (nSPS) is 13.8. The van der Waals surface area contributed by atoms with Crippen LogP contribution in [0.4, 0.5) is 17.1 Å². The molecule has 5 aromatic rings. The average Bonchev–Trinajstić information content (AvgIpc) is 3.88. The molecule has 1 aliphatic heterocycles. The van der Waals surface area contributed by atoms with Gasteiger partial charge < -0.3 is 14.8 Å². The average molecular weight is 1100 g/mol. The number of nitrogens with zero attached hydrogens (tertiary/aromatic N) is 4. The summed E-state index contributed by atoms with van der Waals surface area (Å²) in [4.78, 5) is 19.6. The molecule has 1 unspecified atom stereocenters. The molecular weight excluding hydrogens is 1030 g/mol. The Morgan fingerprint density at radius 2 is 1.32 bits per heavy atom. The Hall–Kier alpha value is -4.80. The minimum atomic E-state index is -4.09. The fourth-order valence-electron chi connectivity index (χ4n) is 8.61. The maximum Gasteiger partial charge on any atom is 0.267 e. The number of sulfonamides is 2. The quantitative estimate of drug-likeness (QED) is 0.0339. The number of aromatic nitrogens is 2. The number of halogens is 3. The summed E-state index contributed by atoms with van der Waals surface area (Å²) in [6.45, 7) is 9.11. The number of amidine groups is 1. The van der Waals surface area contributed by atoms with Crippen LogP contribution < -0.4 is 19.5 Å². The van der Waals surface area contributed by atoms with E-state index in [0.29, 0.717) is 30.0 Å². The summed E-state index contributed by atoms with van der Waals surface area (Å²) in [5.41, 5.74) is 1.61. The fourth-order valence-corrected chi connectivity index (χ4v) is 12.3. The number of amides is 1. The lowest BCUT2D eigenvalue weighted by Gasteiger charge is -2.33. The highest BCUT2D eigenvalue weighted by Crippen LogP contribution is 2.38. The highest BCUT2D eigenvalue weighted by molar-refractivity contribution is 7.92. The van der Waals surface area contributed by atoms with Crippen LogP contribution in [0.15, 0.2) is 112 Å². The Morgan fingerprint density at radius 1 is 0.712 bits per heavy atom. The lowest BCUT2D eigenvalue weighted by molar-refractivity contribution is -0.117. The molecule has 0 bridgehead atoms. The number of anilines is 2. The molecule has 1 amide bonds. The number of ether oxygens (including phenoxy) is 2. The first-order chi connectivity index (χ1) is 35.0. The molecule has 18 heteroatoms. The lowest BCUT2D eigenvalue weighted by atomic mass is 9.87. The zero-order chi connectivity index (χ0) is 52.4. The number of hydrogen-bond donors (Lipinski definition) is 2. The fraction of sp³-hybridized carbons (Fsp3) is 0.473.